The Labute approximate surface area is 147 Å². The molecule has 0 saturated carbocycles. The molecule has 1 saturated heterocycles. The van der Waals surface area contributed by atoms with Crippen LogP contribution in [0.2, 0.25) is 0 Å². The highest BCUT2D eigenvalue weighted by atomic mass is 19.4. The number of methoxy groups -OCH3 is 1. The molecule has 1 aliphatic heterocycles. The highest BCUT2D eigenvalue weighted by Gasteiger charge is 2.37. The Morgan fingerprint density at radius 1 is 1.38 bits per heavy atom. The Morgan fingerprint density at radius 2 is 2.12 bits per heavy atom. The van der Waals surface area contributed by atoms with E-state index in [4.69, 9.17) is 0 Å². The van der Waals surface area contributed by atoms with Gasteiger partial charge in [-0.25, -0.2) is 0 Å². The van der Waals surface area contributed by atoms with Gasteiger partial charge in [-0.15, -0.1) is 0 Å². The minimum Gasteiger partial charge on any atom is -0.469 e. The van der Waals surface area contributed by atoms with Crippen LogP contribution in [-0.2, 0) is 25.3 Å². The van der Waals surface area contributed by atoms with Crippen molar-refractivity contribution < 1.29 is 37.2 Å². The van der Waals surface area contributed by atoms with Gasteiger partial charge in [-0.2, -0.15) is 13.2 Å². The van der Waals surface area contributed by atoms with E-state index in [-0.39, 0.29) is 24.6 Å². The van der Waals surface area contributed by atoms with E-state index in [1.807, 2.05) is 0 Å². The number of piperazine rings is 1. The third-order valence-corrected chi connectivity index (χ3v) is 4.01. The molecular weight excluding hydrogens is 355 g/mol. The van der Waals surface area contributed by atoms with E-state index in [0.29, 0.717) is 18.0 Å². The molecule has 2 amide bonds. The molecule has 1 aromatic rings. The topological polar surface area (TPSA) is 88.9 Å². The maximum Gasteiger partial charge on any atom is 0.416 e. The number of carbonyl (C=O) groups excluding carboxylic acids is 3. The lowest BCUT2D eigenvalue weighted by Gasteiger charge is -2.30. The second kappa shape index (κ2) is 8.17. The van der Waals surface area contributed by atoms with E-state index in [2.05, 4.69) is 15.4 Å². The average Bonchev–Trinajstić information content (AvgIpc) is 2.57. The fraction of sp³-hybridized carbons (Fsp3) is 0.438. The number of amides is 2. The molecule has 1 fully saturated rings. The quantitative estimate of drug-likeness (QED) is 0.612. The van der Waals surface area contributed by atoms with Gasteiger partial charge in [0.25, 0.3) is 11.8 Å². The van der Waals surface area contributed by atoms with Crippen LogP contribution in [0.1, 0.15) is 12.0 Å². The normalized spacial score (nSPS) is 20.2. The van der Waals surface area contributed by atoms with E-state index < -0.39 is 29.7 Å². The molecule has 10 heteroatoms. The number of esters is 1. The second-order valence-corrected chi connectivity index (χ2v) is 5.84. The van der Waals surface area contributed by atoms with Crippen molar-refractivity contribution >= 4 is 23.5 Å². The van der Waals surface area contributed by atoms with Gasteiger partial charge in [-0.05, 0) is 18.2 Å². The molecule has 26 heavy (non-hydrogen) atoms. The van der Waals surface area contributed by atoms with Gasteiger partial charge in [0.1, 0.15) is 6.42 Å². The summed E-state index contributed by atoms with van der Waals surface area (Å²) in [5.41, 5.74) is -0.862. The maximum atomic E-state index is 12.7. The van der Waals surface area contributed by atoms with Gasteiger partial charge in [0, 0.05) is 5.69 Å². The van der Waals surface area contributed by atoms with Crippen molar-refractivity contribution in [1.82, 2.24) is 5.32 Å². The molecule has 0 radical (unpaired) electrons. The minimum absolute atomic E-state index is 0.00945. The summed E-state index contributed by atoms with van der Waals surface area (Å²) >= 11 is 0. The van der Waals surface area contributed by atoms with Crippen LogP contribution in [0, 0.1) is 0 Å². The molecule has 0 aromatic heterocycles. The van der Waals surface area contributed by atoms with Crippen molar-refractivity contribution in [3.05, 3.63) is 29.8 Å². The summed E-state index contributed by atoms with van der Waals surface area (Å²) in [6.07, 6.45) is -4.70. The van der Waals surface area contributed by atoms with Crippen LogP contribution in [0.15, 0.2) is 24.3 Å². The molecule has 3 N–H and O–H groups in total. The summed E-state index contributed by atoms with van der Waals surface area (Å²) in [6.45, 7) is 0.581. The number of quaternary nitrogens is 1. The number of hydrogen-bond acceptors (Lipinski definition) is 4. The molecule has 1 unspecified atom stereocenters. The summed E-state index contributed by atoms with van der Waals surface area (Å²) in [5.74, 6) is -1.50. The highest BCUT2D eigenvalue weighted by molar-refractivity contribution is 5.92. The highest BCUT2D eigenvalue weighted by Crippen LogP contribution is 2.30. The van der Waals surface area contributed by atoms with Gasteiger partial charge in [0.05, 0.1) is 25.8 Å². The van der Waals surface area contributed by atoms with Crippen LogP contribution in [-0.4, -0.2) is 50.6 Å². The van der Waals surface area contributed by atoms with Crippen molar-refractivity contribution in [2.24, 2.45) is 0 Å². The first-order valence-corrected chi connectivity index (χ1v) is 7.87. The van der Waals surface area contributed by atoms with Crippen molar-refractivity contribution in [1.29, 1.82) is 0 Å². The number of carbonyl (C=O) groups is 3. The predicted molar refractivity (Wildman–Crippen MR) is 84.2 cm³/mol. The standard InChI is InChI=1S/C16H18F3N3O4/c1-26-14(24)8-12-15(25)20-5-6-22(12)9-13(23)21-11-4-2-3-10(7-11)16(17,18)19/h2-4,7,12H,5-6,8-9H2,1H3,(H,20,25)(H,21,23)/p+1/t12-/m0/s1. The Morgan fingerprint density at radius 3 is 2.77 bits per heavy atom. The van der Waals surface area contributed by atoms with Gasteiger partial charge < -0.3 is 20.3 Å². The van der Waals surface area contributed by atoms with E-state index in [9.17, 15) is 27.6 Å². The van der Waals surface area contributed by atoms with E-state index in [0.717, 1.165) is 12.1 Å². The summed E-state index contributed by atoms with van der Waals surface area (Å²) in [5, 5.41) is 5.01. The predicted octanol–water partition coefficient (Wildman–Crippen LogP) is -0.410. The number of nitrogens with one attached hydrogen (secondary N) is 3. The van der Waals surface area contributed by atoms with Gasteiger partial charge in [-0.1, -0.05) is 6.07 Å². The molecule has 7 nitrogen and oxygen atoms in total. The average molecular weight is 374 g/mol. The Bertz CT molecular complexity index is 694. The van der Waals surface area contributed by atoms with Crippen LogP contribution in [0.4, 0.5) is 18.9 Å². The Kier molecular flexibility index (Phi) is 6.19. The summed E-state index contributed by atoms with van der Waals surface area (Å²) in [4.78, 5) is 36.1. The summed E-state index contributed by atoms with van der Waals surface area (Å²) in [6, 6.07) is 3.49. The maximum absolute atomic E-state index is 12.7. The second-order valence-electron chi connectivity index (χ2n) is 5.84. The zero-order valence-electron chi connectivity index (χ0n) is 14.0. The molecule has 1 aliphatic rings. The Balaban J connectivity index is 2.03. The first kappa shape index (κ1) is 19.7. The fourth-order valence-electron chi connectivity index (χ4n) is 2.71. The molecule has 0 aliphatic carbocycles. The van der Waals surface area contributed by atoms with Crippen LogP contribution in [0.3, 0.4) is 0 Å². The number of benzene rings is 1. The largest absolute Gasteiger partial charge is 0.469 e. The van der Waals surface area contributed by atoms with E-state index in [1.54, 1.807) is 0 Å². The fourth-order valence-corrected chi connectivity index (χ4v) is 2.71. The molecule has 0 bridgehead atoms. The van der Waals surface area contributed by atoms with Crippen molar-refractivity contribution in [3.63, 3.8) is 0 Å². The number of anilines is 1. The SMILES string of the molecule is COC(=O)C[C@H]1C(=O)NCC[NH+]1CC(=O)Nc1cccc(C(F)(F)F)c1. The third kappa shape index (κ3) is 5.19. The van der Waals surface area contributed by atoms with Crippen molar-refractivity contribution in [2.75, 3.05) is 32.1 Å². The molecule has 1 aromatic carbocycles. The number of halogens is 3. The zero-order chi connectivity index (χ0) is 19.3. The third-order valence-electron chi connectivity index (χ3n) is 4.01. The van der Waals surface area contributed by atoms with Gasteiger partial charge in [-0.3, -0.25) is 14.4 Å². The van der Waals surface area contributed by atoms with Gasteiger partial charge >= 0.3 is 12.1 Å². The van der Waals surface area contributed by atoms with Gasteiger partial charge in [0.15, 0.2) is 12.6 Å². The van der Waals surface area contributed by atoms with E-state index >= 15 is 0 Å². The Hall–Kier alpha value is -2.62. The lowest BCUT2D eigenvalue weighted by molar-refractivity contribution is -0.909. The molecule has 1 heterocycles. The number of alkyl halides is 3. The molecule has 142 valence electrons. The summed E-state index contributed by atoms with van der Waals surface area (Å²) in [7, 11) is 1.20. The first-order chi connectivity index (χ1) is 12.2. The first-order valence-electron chi connectivity index (χ1n) is 7.87. The van der Waals surface area contributed by atoms with Crippen LogP contribution in [0.5, 0.6) is 0 Å². The molecular formula is C16H19F3N3O4+. The molecule has 2 atom stereocenters. The lowest BCUT2D eigenvalue weighted by Crippen LogP contribution is -3.20. The molecule has 0 spiro atoms. The number of ether oxygens (including phenoxy) is 1. The van der Waals surface area contributed by atoms with Crippen LogP contribution in [0.25, 0.3) is 0 Å². The minimum atomic E-state index is -4.51. The summed E-state index contributed by atoms with van der Waals surface area (Å²) < 4.78 is 42.7. The van der Waals surface area contributed by atoms with Gasteiger partial charge in [0.2, 0.25) is 0 Å². The number of rotatable bonds is 5. The van der Waals surface area contributed by atoms with Crippen molar-refractivity contribution in [2.45, 2.75) is 18.6 Å². The van der Waals surface area contributed by atoms with Crippen LogP contribution >= 0.6 is 0 Å². The lowest BCUT2D eigenvalue weighted by atomic mass is 10.1. The zero-order valence-corrected chi connectivity index (χ0v) is 14.0. The van der Waals surface area contributed by atoms with Crippen LogP contribution < -0.4 is 15.5 Å². The van der Waals surface area contributed by atoms with E-state index in [1.165, 1.54) is 19.2 Å². The smallest absolute Gasteiger partial charge is 0.416 e. The number of hydrogen-bond donors (Lipinski definition) is 3. The monoisotopic (exact) mass is 374 g/mol. The molecule has 2 rings (SSSR count). The van der Waals surface area contributed by atoms with Crippen molar-refractivity contribution in [3.8, 4) is 0 Å².